The Labute approximate surface area is 166 Å². The van der Waals surface area contributed by atoms with Gasteiger partial charge in [0.05, 0.1) is 0 Å². The SMILES string of the molecule is O=C(/C=C/c1ccc(-c2ccccc2F)s1)NCCNC(=O)c1ccccc1. The van der Waals surface area contributed by atoms with Gasteiger partial charge in [-0.2, -0.15) is 0 Å². The Hall–Kier alpha value is -3.25. The smallest absolute Gasteiger partial charge is 0.251 e. The Kier molecular flexibility index (Phi) is 6.70. The number of benzene rings is 2. The molecule has 2 amide bonds. The van der Waals surface area contributed by atoms with Crippen LogP contribution < -0.4 is 10.6 Å². The number of rotatable bonds is 7. The van der Waals surface area contributed by atoms with Crippen LogP contribution in [0.4, 0.5) is 4.39 Å². The molecule has 4 nitrogen and oxygen atoms in total. The molecule has 0 bridgehead atoms. The van der Waals surface area contributed by atoms with Gasteiger partial charge in [0.15, 0.2) is 0 Å². The molecule has 28 heavy (non-hydrogen) atoms. The third-order valence-corrected chi connectivity index (χ3v) is 4.99. The van der Waals surface area contributed by atoms with Gasteiger partial charge in [-0.15, -0.1) is 11.3 Å². The number of thiophene rings is 1. The molecule has 0 atom stereocenters. The van der Waals surface area contributed by atoms with E-state index >= 15 is 0 Å². The van der Waals surface area contributed by atoms with Crippen molar-refractivity contribution in [1.29, 1.82) is 0 Å². The molecule has 1 aromatic heterocycles. The summed E-state index contributed by atoms with van der Waals surface area (Å²) in [6.45, 7) is 0.663. The fourth-order valence-corrected chi connectivity index (χ4v) is 3.46. The van der Waals surface area contributed by atoms with Gasteiger partial charge in [-0.1, -0.05) is 36.4 Å². The van der Waals surface area contributed by atoms with Crippen molar-refractivity contribution in [2.75, 3.05) is 13.1 Å². The zero-order valence-electron chi connectivity index (χ0n) is 15.0. The third kappa shape index (κ3) is 5.37. The van der Waals surface area contributed by atoms with Crippen LogP contribution in [0, 0.1) is 5.82 Å². The van der Waals surface area contributed by atoms with E-state index in [0.717, 1.165) is 9.75 Å². The highest BCUT2D eigenvalue weighted by Gasteiger charge is 2.07. The molecule has 0 aliphatic rings. The summed E-state index contributed by atoms with van der Waals surface area (Å²) < 4.78 is 13.8. The first kappa shape index (κ1) is 19.5. The van der Waals surface area contributed by atoms with Crippen LogP contribution in [0.25, 0.3) is 16.5 Å². The van der Waals surface area contributed by atoms with E-state index in [1.54, 1.807) is 48.5 Å². The standard InChI is InChI=1S/C22H19FN2O2S/c23-19-9-5-4-8-18(19)20-12-10-17(28-20)11-13-21(26)24-14-15-25-22(27)16-6-2-1-3-7-16/h1-13H,14-15H2,(H,24,26)(H,25,27)/b13-11+. The van der Waals surface area contributed by atoms with E-state index in [1.807, 2.05) is 18.2 Å². The lowest BCUT2D eigenvalue weighted by Crippen LogP contribution is -2.33. The number of hydrogen-bond donors (Lipinski definition) is 2. The second kappa shape index (κ2) is 9.62. The zero-order chi connectivity index (χ0) is 19.8. The number of halogens is 1. The van der Waals surface area contributed by atoms with Crippen LogP contribution in [0.5, 0.6) is 0 Å². The third-order valence-electron chi connectivity index (χ3n) is 3.91. The normalized spacial score (nSPS) is 10.8. The molecule has 0 radical (unpaired) electrons. The highest BCUT2D eigenvalue weighted by molar-refractivity contribution is 7.16. The van der Waals surface area contributed by atoms with Gasteiger partial charge in [-0.3, -0.25) is 9.59 Å². The van der Waals surface area contributed by atoms with Gasteiger partial charge in [0.1, 0.15) is 5.82 Å². The molecule has 0 saturated heterocycles. The van der Waals surface area contributed by atoms with Crippen molar-refractivity contribution in [2.24, 2.45) is 0 Å². The van der Waals surface area contributed by atoms with E-state index in [4.69, 9.17) is 0 Å². The van der Waals surface area contributed by atoms with Crippen molar-refractivity contribution in [3.63, 3.8) is 0 Å². The summed E-state index contributed by atoms with van der Waals surface area (Å²) >= 11 is 1.41. The minimum atomic E-state index is -0.268. The fourth-order valence-electron chi connectivity index (χ4n) is 2.52. The van der Waals surface area contributed by atoms with Crippen molar-refractivity contribution in [3.8, 4) is 10.4 Å². The maximum atomic E-state index is 13.8. The molecule has 3 rings (SSSR count). The summed E-state index contributed by atoms with van der Waals surface area (Å²) in [5, 5.41) is 5.46. The highest BCUT2D eigenvalue weighted by Crippen LogP contribution is 2.30. The van der Waals surface area contributed by atoms with Crippen molar-refractivity contribution >= 4 is 29.2 Å². The maximum absolute atomic E-state index is 13.8. The van der Waals surface area contributed by atoms with Crippen LogP contribution in [0.15, 0.2) is 72.8 Å². The monoisotopic (exact) mass is 394 g/mol. The van der Waals surface area contributed by atoms with Gasteiger partial charge >= 0.3 is 0 Å². The van der Waals surface area contributed by atoms with E-state index in [0.29, 0.717) is 24.2 Å². The molecule has 142 valence electrons. The average molecular weight is 394 g/mol. The number of amides is 2. The minimum Gasteiger partial charge on any atom is -0.351 e. The summed E-state index contributed by atoms with van der Waals surface area (Å²) in [5.74, 6) is -0.699. The van der Waals surface area contributed by atoms with Gasteiger partial charge in [-0.05, 0) is 36.4 Å². The summed E-state index contributed by atoms with van der Waals surface area (Å²) in [6.07, 6.45) is 3.11. The molecule has 0 unspecified atom stereocenters. The molecular formula is C22H19FN2O2S. The number of carbonyl (C=O) groups is 2. The molecule has 3 aromatic rings. The van der Waals surface area contributed by atoms with Gasteiger partial charge < -0.3 is 10.6 Å². The van der Waals surface area contributed by atoms with Crippen LogP contribution in [0.3, 0.4) is 0 Å². The zero-order valence-corrected chi connectivity index (χ0v) is 15.8. The Morgan fingerprint density at radius 2 is 1.61 bits per heavy atom. The molecule has 0 saturated carbocycles. The molecule has 0 aliphatic carbocycles. The highest BCUT2D eigenvalue weighted by atomic mass is 32.1. The molecule has 0 spiro atoms. The summed E-state index contributed by atoms with van der Waals surface area (Å²) in [5.41, 5.74) is 1.13. The molecule has 0 fully saturated rings. The van der Waals surface area contributed by atoms with Crippen LogP contribution in [-0.2, 0) is 4.79 Å². The average Bonchev–Trinajstić information content (AvgIpc) is 3.19. The lowest BCUT2D eigenvalue weighted by molar-refractivity contribution is -0.116. The van der Waals surface area contributed by atoms with Gasteiger partial charge in [0, 0.05) is 40.0 Å². The summed E-state index contributed by atoms with van der Waals surface area (Å²) in [4.78, 5) is 25.4. The minimum absolute atomic E-state index is 0.176. The number of carbonyl (C=O) groups excluding carboxylic acids is 2. The van der Waals surface area contributed by atoms with Gasteiger partial charge in [0.2, 0.25) is 5.91 Å². The van der Waals surface area contributed by atoms with E-state index in [2.05, 4.69) is 10.6 Å². The predicted molar refractivity (Wildman–Crippen MR) is 111 cm³/mol. The largest absolute Gasteiger partial charge is 0.351 e. The lowest BCUT2D eigenvalue weighted by Gasteiger charge is -2.05. The summed E-state index contributed by atoms with van der Waals surface area (Å²) in [6, 6.07) is 19.2. The van der Waals surface area contributed by atoms with E-state index in [9.17, 15) is 14.0 Å². The Balaban J connectivity index is 1.44. The first-order valence-corrected chi connectivity index (χ1v) is 9.59. The van der Waals surface area contributed by atoms with Gasteiger partial charge in [0.25, 0.3) is 5.91 Å². The van der Waals surface area contributed by atoms with E-state index in [1.165, 1.54) is 23.5 Å². The van der Waals surface area contributed by atoms with Crippen LogP contribution >= 0.6 is 11.3 Å². The van der Waals surface area contributed by atoms with Crippen molar-refractivity contribution in [2.45, 2.75) is 0 Å². The van der Waals surface area contributed by atoms with Crippen molar-refractivity contribution in [1.82, 2.24) is 10.6 Å². The Morgan fingerprint density at radius 3 is 2.39 bits per heavy atom. The number of hydrogen-bond acceptors (Lipinski definition) is 3. The molecule has 6 heteroatoms. The quantitative estimate of drug-likeness (QED) is 0.468. The van der Waals surface area contributed by atoms with Crippen molar-refractivity contribution in [3.05, 3.63) is 89.1 Å². The Morgan fingerprint density at radius 1 is 0.893 bits per heavy atom. The number of nitrogens with one attached hydrogen (secondary N) is 2. The Bertz CT molecular complexity index is 983. The second-order valence-electron chi connectivity index (χ2n) is 5.93. The first-order chi connectivity index (χ1) is 13.6. The molecular weight excluding hydrogens is 375 g/mol. The van der Waals surface area contributed by atoms with Gasteiger partial charge in [-0.25, -0.2) is 4.39 Å². The fraction of sp³-hybridized carbons (Fsp3) is 0.0909. The molecule has 2 N–H and O–H groups in total. The topological polar surface area (TPSA) is 58.2 Å². The maximum Gasteiger partial charge on any atom is 0.251 e. The first-order valence-electron chi connectivity index (χ1n) is 8.77. The predicted octanol–water partition coefficient (Wildman–Crippen LogP) is 4.11. The van der Waals surface area contributed by atoms with Crippen LogP contribution in [0.2, 0.25) is 0 Å². The second-order valence-corrected chi connectivity index (χ2v) is 7.04. The van der Waals surface area contributed by atoms with E-state index < -0.39 is 0 Å². The van der Waals surface area contributed by atoms with Crippen LogP contribution in [0.1, 0.15) is 15.2 Å². The van der Waals surface area contributed by atoms with Crippen LogP contribution in [-0.4, -0.2) is 24.9 Å². The van der Waals surface area contributed by atoms with Crippen molar-refractivity contribution < 1.29 is 14.0 Å². The molecule has 1 heterocycles. The van der Waals surface area contributed by atoms with E-state index in [-0.39, 0.29) is 17.6 Å². The molecule has 0 aliphatic heterocycles. The summed E-state index contributed by atoms with van der Waals surface area (Å²) in [7, 11) is 0. The lowest BCUT2D eigenvalue weighted by atomic mass is 10.2. The molecule has 2 aromatic carbocycles.